The van der Waals surface area contributed by atoms with Crippen molar-refractivity contribution >= 4 is 34.0 Å². The molecule has 0 bridgehead atoms. The molecule has 2 N–H and O–H groups in total. The Morgan fingerprint density at radius 1 is 1.21 bits per heavy atom. The molecule has 0 amide bonds. The quantitative estimate of drug-likeness (QED) is 0.672. The summed E-state index contributed by atoms with van der Waals surface area (Å²) >= 11 is 6.53. The summed E-state index contributed by atoms with van der Waals surface area (Å²) < 4.78 is 19.6. The minimum absolute atomic E-state index is 0.0562. The second-order valence-corrected chi connectivity index (χ2v) is 6.44. The molecule has 2 aromatic carbocycles. The van der Waals surface area contributed by atoms with Gasteiger partial charge in [0.2, 0.25) is 5.78 Å². The highest BCUT2D eigenvalue weighted by Gasteiger charge is 2.26. The Hall–Kier alpha value is -2.33. The molecule has 0 unspecified atom stereocenters. The average Bonchev–Trinajstić information content (AvgIpc) is 2.92. The van der Waals surface area contributed by atoms with Crippen LogP contribution in [0.1, 0.15) is 40.1 Å². The number of nitrogens with two attached hydrogens (primary N) is 1. The number of carbonyl (C=O) groups is 1. The van der Waals surface area contributed by atoms with E-state index in [0.717, 1.165) is 36.8 Å². The van der Waals surface area contributed by atoms with Crippen molar-refractivity contribution < 1.29 is 13.6 Å². The molecule has 0 aliphatic heterocycles. The fraction of sp³-hybridized carbons (Fsp3) is 0.211. The number of carbonyl (C=O) groups excluding carboxylic acids is 1. The lowest BCUT2D eigenvalue weighted by Gasteiger charge is -2.17. The maximum Gasteiger partial charge on any atom is 0.233 e. The maximum atomic E-state index is 13.9. The summed E-state index contributed by atoms with van der Waals surface area (Å²) in [5.41, 5.74) is 8.95. The number of halogens is 2. The molecule has 3 nitrogen and oxygen atoms in total. The van der Waals surface area contributed by atoms with Crippen LogP contribution in [0.15, 0.2) is 34.7 Å². The van der Waals surface area contributed by atoms with Crippen LogP contribution in [0, 0.1) is 5.82 Å². The summed E-state index contributed by atoms with van der Waals surface area (Å²) in [6.45, 7) is 0. The summed E-state index contributed by atoms with van der Waals surface area (Å²) in [6, 6.07) is 7.68. The maximum absolute atomic E-state index is 13.9. The van der Waals surface area contributed by atoms with Gasteiger partial charge in [-0.25, -0.2) is 4.39 Å². The van der Waals surface area contributed by atoms with Gasteiger partial charge in [0.1, 0.15) is 11.4 Å². The van der Waals surface area contributed by atoms with E-state index in [9.17, 15) is 9.18 Å². The zero-order chi connectivity index (χ0) is 16.8. The molecule has 5 heteroatoms. The van der Waals surface area contributed by atoms with E-state index >= 15 is 0 Å². The SMILES string of the molecule is Nc1c(C(=O)c2ccccc2F)oc2cc3c(c(Cl)c12)CCCC3. The van der Waals surface area contributed by atoms with Gasteiger partial charge in [-0.15, -0.1) is 0 Å². The van der Waals surface area contributed by atoms with Crippen LogP contribution in [0.3, 0.4) is 0 Å². The van der Waals surface area contributed by atoms with Gasteiger partial charge in [-0.05, 0) is 55.0 Å². The van der Waals surface area contributed by atoms with E-state index in [0.29, 0.717) is 16.0 Å². The van der Waals surface area contributed by atoms with E-state index in [1.807, 2.05) is 6.07 Å². The van der Waals surface area contributed by atoms with Crippen LogP contribution in [0.4, 0.5) is 10.1 Å². The Morgan fingerprint density at radius 2 is 1.96 bits per heavy atom. The topological polar surface area (TPSA) is 56.2 Å². The third-order valence-corrected chi connectivity index (χ3v) is 5.01. The first-order chi connectivity index (χ1) is 11.6. The predicted molar refractivity (Wildman–Crippen MR) is 92.1 cm³/mol. The zero-order valence-electron chi connectivity index (χ0n) is 12.9. The van der Waals surface area contributed by atoms with Crippen molar-refractivity contribution in [3.05, 3.63) is 63.6 Å². The normalized spacial score (nSPS) is 13.9. The number of hydrogen-bond donors (Lipinski definition) is 1. The summed E-state index contributed by atoms with van der Waals surface area (Å²) in [6.07, 6.45) is 4.01. The largest absolute Gasteiger partial charge is 0.450 e. The lowest BCUT2D eigenvalue weighted by Crippen LogP contribution is -2.05. The fourth-order valence-corrected chi connectivity index (χ4v) is 3.79. The molecule has 122 valence electrons. The van der Waals surface area contributed by atoms with Gasteiger partial charge in [0.15, 0.2) is 5.76 Å². The highest BCUT2D eigenvalue weighted by Crippen LogP contribution is 2.41. The predicted octanol–water partition coefficient (Wildman–Crippen LogP) is 4.92. The molecule has 1 aromatic heterocycles. The number of anilines is 1. The highest BCUT2D eigenvalue weighted by atomic mass is 35.5. The van der Waals surface area contributed by atoms with E-state index < -0.39 is 11.6 Å². The van der Waals surface area contributed by atoms with Crippen molar-refractivity contribution in [2.45, 2.75) is 25.7 Å². The Balaban J connectivity index is 1.92. The number of rotatable bonds is 2. The van der Waals surface area contributed by atoms with E-state index in [-0.39, 0.29) is 17.0 Å². The lowest BCUT2D eigenvalue weighted by molar-refractivity contribution is 0.101. The molecule has 0 radical (unpaired) electrons. The first kappa shape index (κ1) is 15.2. The Bertz CT molecular complexity index is 977. The van der Waals surface area contributed by atoms with Gasteiger partial charge in [-0.3, -0.25) is 4.79 Å². The Kier molecular flexibility index (Phi) is 3.57. The molecule has 0 atom stereocenters. The first-order valence-electron chi connectivity index (χ1n) is 7.89. The summed E-state index contributed by atoms with van der Waals surface area (Å²) in [7, 11) is 0. The molecular weight excluding hydrogens is 329 g/mol. The molecule has 0 fully saturated rings. The molecule has 0 spiro atoms. The van der Waals surface area contributed by atoms with Crippen molar-refractivity contribution in [1.29, 1.82) is 0 Å². The van der Waals surface area contributed by atoms with Gasteiger partial charge in [0.25, 0.3) is 0 Å². The van der Waals surface area contributed by atoms with Gasteiger partial charge in [0, 0.05) is 0 Å². The number of nitrogen functional groups attached to an aromatic ring is 1. The van der Waals surface area contributed by atoms with Crippen LogP contribution in [0.5, 0.6) is 0 Å². The molecule has 0 saturated carbocycles. The monoisotopic (exact) mass is 343 g/mol. The van der Waals surface area contributed by atoms with Crippen molar-refractivity contribution in [2.24, 2.45) is 0 Å². The number of hydrogen-bond acceptors (Lipinski definition) is 3. The molecule has 4 rings (SSSR count). The summed E-state index contributed by atoms with van der Waals surface area (Å²) in [5, 5.41) is 1.10. The van der Waals surface area contributed by atoms with Gasteiger partial charge >= 0.3 is 0 Å². The molecule has 24 heavy (non-hydrogen) atoms. The number of aryl methyl sites for hydroxylation is 1. The fourth-order valence-electron chi connectivity index (χ4n) is 3.37. The second kappa shape index (κ2) is 5.64. The molecule has 1 heterocycles. The minimum atomic E-state index is -0.604. The third-order valence-electron chi connectivity index (χ3n) is 4.60. The number of fused-ring (bicyclic) bond motifs is 2. The zero-order valence-corrected chi connectivity index (χ0v) is 13.6. The average molecular weight is 344 g/mol. The standard InChI is InChI=1S/C19H15ClFNO2/c20-16-11-6-2-1-5-10(11)9-14-15(16)17(22)19(24-14)18(23)12-7-3-4-8-13(12)21/h3-4,7-9H,1-2,5-6,22H2. The highest BCUT2D eigenvalue weighted by molar-refractivity contribution is 6.38. The molecular formula is C19H15ClFNO2. The number of furan rings is 1. The molecule has 1 aliphatic carbocycles. The third kappa shape index (κ3) is 2.21. The van der Waals surface area contributed by atoms with Gasteiger partial charge in [-0.1, -0.05) is 23.7 Å². The van der Waals surface area contributed by atoms with Crippen LogP contribution < -0.4 is 5.73 Å². The first-order valence-corrected chi connectivity index (χ1v) is 8.27. The van der Waals surface area contributed by atoms with Gasteiger partial charge in [-0.2, -0.15) is 0 Å². The summed E-state index contributed by atoms with van der Waals surface area (Å²) in [4.78, 5) is 12.6. The summed E-state index contributed by atoms with van der Waals surface area (Å²) in [5.74, 6) is -1.23. The second-order valence-electron chi connectivity index (χ2n) is 6.06. The van der Waals surface area contributed by atoms with Gasteiger partial charge in [0.05, 0.1) is 21.7 Å². The van der Waals surface area contributed by atoms with Crippen molar-refractivity contribution in [3.63, 3.8) is 0 Å². The van der Waals surface area contributed by atoms with E-state index in [2.05, 4.69) is 0 Å². The minimum Gasteiger partial charge on any atom is -0.450 e. The van der Waals surface area contributed by atoms with Crippen LogP contribution in [-0.2, 0) is 12.8 Å². The van der Waals surface area contributed by atoms with Crippen molar-refractivity contribution in [2.75, 3.05) is 5.73 Å². The van der Waals surface area contributed by atoms with E-state index in [1.54, 1.807) is 6.07 Å². The van der Waals surface area contributed by atoms with Crippen molar-refractivity contribution in [3.8, 4) is 0 Å². The van der Waals surface area contributed by atoms with Crippen LogP contribution >= 0.6 is 11.6 Å². The van der Waals surface area contributed by atoms with Crippen LogP contribution in [0.25, 0.3) is 11.0 Å². The lowest BCUT2D eigenvalue weighted by atomic mass is 9.90. The van der Waals surface area contributed by atoms with E-state index in [4.69, 9.17) is 21.8 Å². The van der Waals surface area contributed by atoms with Crippen LogP contribution in [-0.4, -0.2) is 5.78 Å². The smallest absolute Gasteiger partial charge is 0.233 e. The Morgan fingerprint density at radius 3 is 2.75 bits per heavy atom. The number of benzene rings is 2. The van der Waals surface area contributed by atoms with E-state index in [1.165, 1.54) is 18.2 Å². The molecule has 0 saturated heterocycles. The van der Waals surface area contributed by atoms with Crippen molar-refractivity contribution in [1.82, 2.24) is 0 Å². The molecule has 1 aliphatic rings. The molecule has 3 aromatic rings. The van der Waals surface area contributed by atoms with Gasteiger partial charge < -0.3 is 10.2 Å². The Labute approximate surface area is 143 Å². The number of ketones is 1. The van der Waals surface area contributed by atoms with Crippen LogP contribution in [0.2, 0.25) is 5.02 Å².